The van der Waals surface area contributed by atoms with Crippen LogP contribution in [0.1, 0.15) is 51.3 Å². The molecule has 37 heavy (non-hydrogen) atoms. The molecule has 0 saturated heterocycles. The van der Waals surface area contributed by atoms with E-state index in [1.54, 1.807) is 32.1 Å². The first-order valence-corrected chi connectivity index (χ1v) is 13.4. The van der Waals surface area contributed by atoms with Crippen molar-refractivity contribution in [1.82, 2.24) is 4.57 Å². The number of halogens is 1. The first-order valence-electron chi connectivity index (χ1n) is 12.2. The predicted octanol–water partition coefficient (Wildman–Crippen LogP) is 4.64. The van der Waals surface area contributed by atoms with E-state index in [1.165, 1.54) is 15.9 Å². The lowest BCUT2D eigenvalue weighted by atomic mass is 9.96. The zero-order chi connectivity index (χ0) is 26.5. The normalized spacial score (nSPS) is 15.3. The van der Waals surface area contributed by atoms with Crippen molar-refractivity contribution >= 4 is 35.0 Å². The van der Waals surface area contributed by atoms with Gasteiger partial charge in [0.1, 0.15) is 6.04 Å². The number of hydrogen-bond donors (Lipinski definition) is 0. The maximum Gasteiger partial charge on any atom is 0.338 e. The summed E-state index contributed by atoms with van der Waals surface area (Å²) < 4.78 is 18.9. The van der Waals surface area contributed by atoms with Gasteiger partial charge in [-0.25, -0.2) is 9.79 Å². The van der Waals surface area contributed by atoms with Gasteiger partial charge >= 0.3 is 5.97 Å². The molecule has 0 fully saturated rings. The van der Waals surface area contributed by atoms with Crippen LogP contribution in [0.3, 0.4) is 0 Å². The number of aromatic nitrogens is 1. The van der Waals surface area contributed by atoms with Gasteiger partial charge in [-0.15, -0.1) is 0 Å². The number of ether oxygens (including phenoxy) is 3. The molecule has 9 heteroatoms. The number of benzene rings is 2. The van der Waals surface area contributed by atoms with Gasteiger partial charge in [-0.2, -0.15) is 0 Å². The van der Waals surface area contributed by atoms with Gasteiger partial charge < -0.3 is 14.2 Å². The third kappa shape index (κ3) is 5.50. The molecule has 3 aromatic rings. The summed E-state index contributed by atoms with van der Waals surface area (Å²) in [6.45, 7) is 8.71. The number of carbonyl (C=O) groups is 1. The van der Waals surface area contributed by atoms with Crippen LogP contribution in [-0.2, 0) is 9.53 Å². The van der Waals surface area contributed by atoms with E-state index in [9.17, 15) is 9.59 Å². The number of fused-ring (bicyclic) bond motifs is 1. The molecule has 0 bridgehead atoms. The van der Waals surface area contributed by atoms with E-state index in [1.807, 2.05) is 44.2 Å². The minimum absolute atomic E-state index is 0.204. The summed E-state index contributed by atoms with van der Waals surface area (Å²) in [6.07, 6.45) is 2.68. The lowest BCUT2D eigenvalue weighted by molar-refractivity contribution is -0.139. The van der Waals surface area contributed by atoms with Crippen LogP contribution < -0.4 is 24.4 Å². The van der Waals surface area contributed by atoms with Crippen LogP contribution in [0, 0.1) is 0 Å². The Morgan fingerprint density at radius 3 is 2.59 bits per heavy atom. The minimum atomic E-state index is -0.755. The van der Waals surface area contributed by atoms with Gasteiger partial charge in [0.05, 0.1) is 35.6 Å². The fourth-order valence-electron chi connectivity index (χ4n) is 4.15. The molecule has 1 aliphatic heterocycles. The lowest BCUT2D eigenvalue weighted by Gasteiger charge is -2.25. The highest BCUT2D eigenvalue weighted by Gasteiger charge is 2.34. The summed E-state index contributed by atoms with van der Waals surface area (Å²) >= 11 is 7.81. The highest BCUT2D eigenvalue weighted by molar-refractivity contribution is 7.07. The summed E-state index contributed by atoms with van der Waals surface area (Å²) in [6, 6.07) is 12.0. The molecule has 0 unspecified atom stereocenters. The Bertz CT molecular complexity index is 1520. The molecule has 0 radical (unpaired) electrons. The molecule has 1 aliphatic rings. The van der Waals surface area contributed by atoms with E-state index in [0.717, 1.165) is 12.0 Å². The average molecular weight is 541 g/mol. The zero-order valence-electron chi connectivity index (χ0n) is 21.2. The topological polar surface area (TPSA) is 79.1 Å². The summed E-state index contributed by atoms with van der Waals surface area (Å²) in [4.78, 5) is 31.9. The summed E-state index contributed by atoms with van der Waals surface area (Å²) in [5.74, 6) is 0.759. The summed E-state index contributed by atoms with van der Waals surface area (Å²) in [5, 5.41) is 0.447. The van der Waals surface area contributed by atoms with Gasteiger partial charge in [-0.3, -0.25) is 9.36 Å². The molecule has 1 aromatic heterocycles. The first kappa shape index (κ1) is 26.7. The maximum absolute atomic E-state index is 13.8. The van der Waals surface area contributed by atoms with Crippen LogP contribution in [0.2, 0.25) is 5.02 Å². The van der Waals surface area contributed by atoms with E-state index in [2.05, 4.69) is 4.99 Å². The van der Waals surface area contributed by atoms with Gasteiger partial charge in [-0.1, -0.05) is 54.1 Å². The predicted molar refractivity (Wildman–Crippen MR) is 145 cm³/mol. The molecule has 4 rings (SSSR count). The van der Waals surface area contributed by atoms with Crippen molar-refractivity contribution in [3.8, 4) is 11.5 Å². The average Bonchev–Trinajstić information content (AvgIpc) is 3.17. The minimum Gasteiger partial charge on any atom is -0.490 e. The SMILES string of the molecule is CCCOc1ccc(/C=c2/sc3n(c2=O)[C@@H](c2ccccc2Cl)C(C(=O)OCC)=C(C)N=3)cc1OCC. The Kier molecular flexibility index (Phi) is 8.51. The molecule has 0 N–H and O–H groups in total. The van der Waals surface area contributed by atoms with Crippen molar-refractivity contribution in [2.75, 3.05) is 19.8 Å². The molecule has 2 heterocycles. The second-order valence-electron chi connectivity index (χ2n) is 8.31. The molecule has 2 aromatic carbocycles. The highest BCUT2D eigenvalue weighted by atomic mass is 35.5. The van der Waals surface area contributed by atoms with Crippen molar-refractivity contribution in [3.05, 3.63) is 89.6 Å². The standard InChI is InChI=1S/C28H29ClN2O5S/c1-5-14-36-21-13-12-18(15-22(21)34-6-2)16-23-26(32)31-25(19-10-8-9-11-20(19)29)24(27(33)35-7-3)17(4)30-28(31)37-23/h8-13,15-16,25H,5-7,14H2,1-4H3/b23-16+/t25-/m0/s1. The summed E-state index contributed by atoms with van der Waals surface area (Å²) in [5.41, 5.74) is 1.93. The number of rotatable bonds is 9. The van der Waals surface area contributed by atoms with Gasteiger partial charge in [-0.05, 0) is 62.6 Å². The number of nitrogens with zero attached hydrogens (tertiary/aromatic N) is 2. The van der Waals surface area contributed by atoms with Crippen molar-refractivity contribution < 1.29 is 19.0 Å². The van der Waals surface area contributed by atoms with E-state index >= 15 is 0 Å². The largest absolute Gasteiger partial charge is 0.490 e. The van der Waals surface area contributed by atoms with Crippen LogP contribution in [0.25, 0.3) is 6.08 Å². The van der Waals surface area contributed by atoms with Crippen LogP contribution in [0.15, 0.2) is 63.5 Å². The number of allylic oxidation sites excluding steroid dienone is 1. The van der Waals surface area contributed by atoms with Gasteiger partial charge in [0.25, 0.3) is 5.56 Å². The monoisotopic (exact) mass is 540 g/mol. The van der Waals surface area contributed by atoms with Gasteiger partial charge in [0, 0.05) is 5.02 Å². The third-order valence-electron chi connectivity index (χ3n) is 5.74. The van der Waals surface area contributed by atoms with E-state index in [-0.39, 0.29) is 12.2 Å². The van der Waals surface area contributed by atoms with Gasteiger partial charge in [0.2, 0.25) is 0 Å². The summed E-state index contributed by atoms with van der Waals surface area (Å²) in [7, 11) is 0. The van der Waals surface area contributed by atoms with E-state index in [4.69, 9.17) is 25.8 Å². The Balaban J connectivity index is 1.88. The molecular formula is C28H29ClN2O5S. The smallest absolute Gasteiger partial charge is 0.338 e. The molecule has 1 atom stereocenters. The van der Waals surface area contributed by atoms with Gasteiger partial charge in [0.15, 0.2) is 16.3 Å². The van der Waals surface area contributed by atoms with Crippen LogP contribution >= 0.6 is 22.9 Å². The van der Waals surface area contributed by atoms with Crippen LogP contribution in [-0.4, -0.2) is 30.4 Å². The van der Waals surface area contributed by atoms with E-state index in [0.29, 0.717) is 55.9 Å². The molecule has 7 nitrogen and oxygen atoms in total. The molecule has 0 spiro atoms. The molecule has 0 aliphatic carbocycles. The third-order valence-corrected chi connectivity index (χ3v) is 7.07. The first-order chi connectivity index (χ1) is 17.9. The molecule has 194 valence electrons. The fourth-order valence-corrected chi connectivity index (χ4v) is 5.43. The second-order valence-corrected chi connectivity index (χ2v) is 9.73. The second kappa shape index (κ2) is 11.8. The molecule has 0 amide bonds. The Hall–Kier alpha value is -3.36. The highest BCUT2D eigenvalue weighted by Crippen LogP contribution is 2.34. The Morgan fingerprint density at radius 2 is 1.89 bits per heavy atom. The van der Waals surface area contributed by atoms with Crippen molar-refractivity contribution in [2.24, 2.45) is 4.99 Å². The van der Waals surface area contributed by atoms with Crippen molar-refractivity contribution in [1.29, 1.82) is 0 Å². The van der Waals surface area contributed by atoms with Crippen LogP contribution in [0.4, 0.5) is 0 Å². The number of thiazole rings is 1. The Labute approximate surface area is 224 Å². The number of esters is 1. The zero-order valence-corrected chi connectivity index (χ0v) is 22.8. The van der Waals surface area contributed by atoms with Crippen LogP contribution in [0.5, 0.6) is 11.5 Å². The molecule has 0 saturated carbocycles. The Morgan fingerprint density at radius 1 is 1.11 bits per heavy atom. The quantitative estimate of drug-likeness (QED) is 0.369. The molecular weight excluding hydrogens is 512 g/mol. The number of hydrogen-bond acceptors (Lipinski definition) is 7. The van der Waals surface area contributed by atoms with Crippen molar-refractivity contribution in [3.63, 3.8) is 0 Å². The number of carbonyl (C=O) groups excluding carboxylic acids is 1. The lowest BCUT2D eigenvalue weighted by Crippen LogP contribution is -2.40. The maximum atomic E-state index is 13.8. The van der Waals surface area contributed by atoms with Crippen molar-refractivity contribution in [2.45, 2.75) is 40.2 Å². The van der Waals surface area contributed by atoms with E-state index < -0.39 is 12.0 Å². The fraction of sp³-hybridized carbons (Fsp3) is 0.321.